The first-order valence-corrected chi connectivity index (χ1v) is 7.56. The van der Waals surface area contributed by atoms with Gasteiger partial charge in [-0.25, -0.2) is 0 Å². The highest BCUT2D eigenvalue weighted by Gasteiger charge is 2.22. The number of benzene rings is 1. The Balaban J connectivity index is 2.06. The van der Waals surface area contributed by atoms with Crippen LogP contribution >= 0.6 is 0 Å². The molecule has 1 aliphatic carbocycles. The summed E-state index contributed by atoms with van der Waals surface area (Å²) < 4.78 is 5.71. The Morgan fingerprint density at radius 1 is 1.43 bits per heavy atom. The third-order valence-corrected chi connectivity index (χ3v) is 3.58. The molecule has 4 nitrogen and oxygen atoms in total. The fourth-order valence-corrected chi connectivity index (χ4v) is 2.55. The van der Waals surface area contributed by atoms with Crippen LogP contribution in [0.4, 0.5) is 0 Å². The zero-order valence-corrected chi connectivity index (χ0v) is 13.3. The molecule has 1 aromatic carbocycles. The number of fused-ring (bicyclic) bond motifs is 1. The van der Waals surface area contributed by atoms with Gasteiger partial charge < -0.3 is 15.2 Å². The minimum atomic E-state index is -0.567. The molecule has 1 amide bonds. The molecule has 2 N–H and O–H groups in total. The normalized spacial score (nSPS) is 19.6. The summed E-state index contributed by atoms with van der Waals surface area (Å²) in [6.45, 7) is 7.55. The molecule has 0 bridgehead atoms. The molecule has 2 atom stereocenters. The second-order valence-corrected chi connectivity index (χ2v) is 6.77. The van der Waals surface area contributed by atoms with Gasteiger partial charge in [-0.1, -0.05) is 6.07 Å². The average molecular weight is 291 g/mol. The monoisotopic (exact) mass is 291 g/mol. The Morgan fingerprint density at radius 2 is 2.14 bits per heavy atom. The van der Waals surface area contributed by atoms with E-state index in [0.29, 0.717) is 5.75 Å². The molecule has 0 radical (unpaired) electrons. The van der Waals surface area contributed by atoms with Crippen molar-refractivity contribution in [1.82, 2.24) is 5.32 Å². The summed E-state index contributed by atoms with van der Waals surface area (Å²) in [5.41, 5.74) is 1.83. The average Bonchev–Trinajstić information content (AvgIpc) is 2.37. The van der Waals surface area contributed by atoms with E-state index < -0.39 is 12.2 Å². The third kappa shape index (κ3) is 4.21. The summed E-state index contributed by atoms with van der Waals surface area (Å²) in [5.74, 6) is 0.493. The first-order chi connectivity index (χ1) is 9.76. The van der Waals surface area contributed by atoms with Crippen molar-refractivity contribution in [3.8, 4) is 5.75 Å². The SMILES string of the molecule is CC(Oc1ccc2c(c1)[C@@H](O)CCC2)C(=O)NC(C)(C)C. The minimum absolute atomic E-state index is 0.138. The van der Waals surface area contributed by atoms with Crippen LogP contribution in [0.15, 0.2) is 18.2 Å². The van der Waals surface area contributed by atoms with Gasteiger partial charge in [0.15, 0.2) is 6.10 Å². The van der Waals surface area contributed by atoms with E-state index in [2.05, 4.69) is 5.32 Å². The van der Waals surface area contributed by atoms with Gasteiger partial charge in [-0.3, -0.25) is 4.79 Å². The van der Waals surface area contributed by atoms with Gasteiger partial charge in [0.2, 0.25) is 0 Å². The summed E-state index contributed by atoms with van der Waals surface area (Å²) >= 11 is 0. The van der Waals surface area contributed by atoms with Crippen LogP contribution in [-0.2, 0) is 11.2 Å². The maximum Gasteiger partial charge on any atom is 0.261 e. The molecule has 0 spiro atoms. The molecule has 116 valence electrons. The summed E-state index contributed by atoms with van der Waals surface area (Å²) in [6, 6.07) is 5.72. The molecule has 0 aliphatic heterocycles. The van der Waals surface area contributed by atoms with Crippen LogP contribution < -0.4 is 10.1 Å². The maximum atomic E-state index is 12.0. The van der Waals surface area contributed by atoms with Gasteiger partial charge in [0, 0.05) is 5.54 Å². The second kappa shape index (κ2) is 6.06. The zero-order chi connectivity index (χ0) is 15.6. The molecule has 0 heterocycles. The van der Waals surface area contributed by atoms with Gasteiger partial charge in [0.05, 0.1) is 6.10 Å². The van der Waals surface area contributed by atoms with Crippen molar-refractivity contribution in [3.63, 3.8) is 0 Å². The zero-order valence-electron chi connectivity index (χ0n) is 13.3. The largest absolute Gasteiger partial charge is 0.481 e. The van der Waals surface area contributed by atoms with Gasteiger partial charge in [0.25, 0.3) is 5.91 Å². The van der Waals surface area contributed by atoms with E-state index in [1.165, 1.54) is 5.56 Å². The van der Waals surface area contributed by atoms with E-state index in [-0.39, 0.29) is 11.4 Å². The minimum Gasteiger partial charge on any atom is -0.481 e. The Morgan fingerprint density at radius 3 is 2.81 bits per heavy atom. The highest BCUT2D eigenvalue weighted by atomic mass is 16.5. The quantitative estimate of drug-likeness (QED) is 0.900. The van der Waals surface area contributed by atoms with Crippen molar-refractivity contribution in [2.75, 3.05) is 0 Å². The Labute approximate surface area is 126 Å². The molecule has 0 fully saturated rings. The fourth-order valence-electron chi connectivity index (χ4n) is 2.55. The molecular weight excluding hydrogens is 266 g/mol. The topological polar surface area (TPSA) is 58.6 Å². The number of carbonyl (C=O) groups excluding carboxylic acids is 1. The Hall–Kier alpha value is -1.55. The van der Waals surface area contributed by atoms with Gasteiger partial charge in [0.1, 0.15) is 5.75 Å². The summed E-state index contributed by atoms with van der Waals surface area (Å²) in [7, 11) is 0. The number of rotatable bonds is 3. The summed E-state index contributed by atoms with van der Waals surface area (Å²) in [6.07, 6.45) is 1.81. The van der Waals surface area contributed by atoms with E-state index in [0.717, 1.165) is 24.8 Å². The highest BCUT2D eigenvalue weighted by Crippen LogP contribution is 2.32. The van der Waals surface area contributed by atoms with Crippen molar-refractivity contribution < 1.29 is 14.6 Å². The lowest BCUT2D eigenvalue weighted by atomic mass is 9.89. The van der Waals surface area contributed by atoms with E-state index in [1.54, 1.807) is 6.92 Å². The predicted octanol–water partition coefficient (Wildman–Crippen LogP) is 2.74. The van der Waals surface area contributed by atoms with Gasteiger partial charge in [-0.05, 0) is 70.2 Å². The molecular formula is C17H25NO3. The van der Waals surface area contributed by atoms with E-state index in [1.807, 2.05) is 39.0 Å². The number of ether oxygens (including phenoxy) is 1. The number of aryl methyl sites for hydroxylation is 1. The number of hydrogen-bond donors (Lipinski definition) is 2. The lowest BCUT2D eigenvalue weighted by Crippen LogP contribution is -2.46. The van der Waals surface area contributed by atoms with Gasteiger partial charge in [-0.15, -0.1) is 0 Å². The lowest BCUT2D eigenvalue weighted by molar-refractivity contribution is -0.128. The number of nitrogens with one attached hydrogen (secondary N) is 1. The van der Waals surface area contributed by atoms with Crippen LogP contribution in [0.1, 0.15) is 57.8 Å². The van der Waals surface area contributed by atoms with Crippen LogP contribution in [0.5, 0.6) is 5.75 Å². The molecule has 0 saturated carbocycles. The van der Waals surface area contributed by atoms with Crippen LogP contribution in [-0.4, -0.2) is 22.7 Å². The fraction of sp³-hybridized carbons (Fsp3) is 0.588. The predicted molar refractivity (Wildman–Crippen MR) is 82.3 cm³/mol. The van der Waals surface area contributed by atoms with Crippen LogP contribution in [0.2, 0.25) is 0 Å². The molecule has 0 aromatic heterocycles. The molecule has 4 heteroatoms. The van der Waals surface area contributed by atoms with Crippen LogP contribution in [0.3, 0.4) is 0 Å². The highest BCUT2D eigenvalue weighted by molar-refractivity contribution is 5.81. The number of hydrogen-bond acceptors (Lipinski definition) is 3. The first kappa shape index (κ1) is 15.8. The van der Waals surface area contributed by atoms with Crippen LogP contribution in [0.25, 0.3) is 0 Å². The van der Waals surface area contributed by atoms with E-state index >= 15 is 0 Å². The van der Waals surface area contributed by atoms with Gasteiger partial charge in [-0.2, -0.15) is 0 Å². The van der Waals surface area contributed by atoms with Crippen molar-refractivity contribution in [3.05, 3.63) is 29.3 Å². The smallest absolute Gasteiger partial charge is 0.261 e. The maximum absolute atomic E-state index is 12.0. The van der Waals surface area contributed by atoms with Crippen molar-refractivity contribution in [2.24, 2.45) is 0 Å². The van der Waals surface area contributed by atoms with E-state index in [9.17, 15) is 9.90 Å². The number of amides is 1. The first-order valence-electron chi connectivity index (χ1n) is 7.56. The summed E-state index contributed by atoms with van der Waals surface area (Å²) in [5, 5.41) is 12.9. The Bertz CT molecular complexity index is 519. The number of aliphatic hydroxyl groups is 1. The van der Waals surface area contributed by atoms with Gasteiger partial charge >= 0.3 is 0 Å². The molecule has 1 aliphatic rings. The second-order valence-electron chi connectivity index (χ2n) is 6.77. The standard InChI is InChI=1S/C17H25NO3/c1-11(16(20)18-17(2,3)4)21-13-9-8-12-6-5-7-15(19)14(12)10-13/h8-11,15,19H,5-7H2,1-4H3,(H,18,20)/t11?,15-/m0/s1. The lowest BCUT2D eigenvalue weighted by Gasteiger charge is -2.25. The van der Waals surface area contributed by atoms with Crippen molar-refractivity contribution in [1.29, 1.82) is 0 Å². The molecule has 1 aromatic rings. The van der Waals surface area contributed by atoms with Crippen molar-refractivity contribution >= 4 is 5.91 Å². The molecule has 21 heavy (non-hydrogen) atoms. The molecule has 2 rings (SSSR count). The molecule has 0 saturated heterocycles. The van der Waals surface area contributed by atoms with E-state index in [4.69, 9.17) is 4.74 Å². The summed E-state index contributed by atoms with van der Waals surface area (Å²) in [4.78, 5) is 12.0. The molecule has 1 unspecified atom stereocenters. The third-order valence-electron chi connectivity index (χ3n) is 3.58. The number of aliphatic hydroxyl groups excluding tert-OH is 1. The number of carbonyl (C=O) groups is 1. The Kier molecular flexibility index (Phi) is 4.57. The van der Waals surface area contributed by atoms with Crippen molar-refractivity contribution in [2.45, 2.75) is 64.7 Å². The van der Waals surface area contributed by atoms with Crippen LogP contribution in [0, 0.1) is 0 Å².